The molecule has 0 aliphatic heterocycles. The number of anilines is 1. The topological polar surface area (TPSA) is 51.2 Å². The van der Waals surface area contributed by atoms with Gasteiger partial charge in [0.15, 0.2) is 6.10 Å². The van der Waals surface area contributed by atoms with Gasteiger partial charge in [0.2, 0.25) is 0 Å². The SMILES string of the molecule is Cc1ccnc(NC(=O)C(C)Oc2ccc(Cl)cc2Cl)c1. The molecule has 2 rings (SSSR count). The minimum atomic E-state index is -0.717. The van der Waals surface area contributed by atoms with Gasteiger partial charge < -0.3 is 10.1 Å². The van der Waals surface area contributed by atoms with Crippen molar-refractivity contribution in [3.8, 4) is 5.75 Å². The summed E-state index contributed by atoms with van der Waals surface area (Å²) in [5.41, 5.74) is 1.01. The predicted molar refractivity (Wildman–Crippen MR) is 84.2 cm³/mol. The molecular formula is C15H14Cl2N2O2. The molecule has 0 aliphatic carbocycles. The van der Waals surface area contributed by atoms with Crippen LogP contribution in [-0.2, 0) is 4.79 Å². The van der Waals surface area contributed by atoms with E-state index in [4.69, 9.17) is 27.9 Å². The van der Waals surface area contributed by atoms with Gasteiger partial charge in [0.05, 0.1) is 5.02 Å². The Morgan fingerprint density at radius 1 is 1.29 bits per heavy atom. The second-order valence-electron chi connectivity index (χ2n) is 4.54. The number of amides is 1. The number of hydrogen-bond acceptors (Lipinski definition) is 3. The lowest BCUT2D eigenvalue weighted by Gasteiger charge is -2.15. The van der Waals surface area contributed by atoms with Crippen molar-refractivity contribution in [3.05, 3.63) is 52.1 Å². The smallest absolute Gasteiger partial charge is 0.266 e. The summed E-state index contributed by atoms with van der Waals surface area (Å²) >= 11 is 11.8. The third-order valence-electron chi connectivity index (χ3n) is 2.73. The molecule has 1 atom stereocenters. The highest BCUT2D eigenvalue weighted by Gasteiger charge is 2.16. The molecule has 1 N–H and O–H groups in total. The highest BCUT2D eigenvalue weighted by molar-refractivity contribution is 6.35. The van der Waals surface area contributed by atoms with Gasteiger partial charge in [-0.05, 0) is 49.7 Å². The first kappa shape index (κ1) is 15.6. The first-order chi connectivity index (χ1) is 9.95. The van der Waals surface area contributed by atoms with Gasteiger partial charge in [-0.3, -0.25) is 4.79 Å². The quantitative estimate of drug-likeness (QED) is 0.921. The molecule has 21 heavy (non-hydrogen) atoms. The predicted octanol–water partition coefficient (Wildman–Crippen LogP) is 4.10. The fraction of sp³-hybridized carbons (Fsp3) is 0.200. The number of hydrogen-bond donors (Lipinski definition) is 1. The zero-order chi connectivity index (χ0) is 15.4. The Balaban J connectivity index is 2.02. The highest BCUT2D eigenvalue weighted by Crippen LogP contribution is 2.28. The summed E-state index contributed by atoms with van der Waals surface area (Å²) in [7, 11) is 0. The fourth-order valence-corrected chi connectivity index (χ4v) is 2.10. The molecule has 1 heterocycles. The molecule has 1 amide bonds. The summed E-state index contributed by atoms with van der Waals surface area (Å²) in [4.78, 5) is 16.1. The van der Waals surface area contributed by atoms with E-state index in [-0.39, 0.29) is 5.91 Å². The summed E-state index contributed by atoms with van der Waals surface area (Å²) in [6, 6.07) is 8.46. The Bertz CT molecular complexity index is 662. The lowest BCUT2D eigenvalue weighted by Crippen LogP contribution is -2.30. The van der Waals surface area contributed by atoms with Crippen LogP contribution in [0.4, 0.5) is 5.82 Å². The molecule has 0 radical (unpaired) electrons. The second kappa shape index (κ2) is 6.78. The van der Waals surface area contributed by atoms with Crippen LogP contribution in [0.5, 0.6) is 5.75 Å². The van der Waals surface area contributed by atoms with Crippen LogP contribution in [0.1, 0.15) is 12.5 Å². The zero-order valence-corrected chi connectivity index (χ0v) is 13.1. The van der Waals surface area contributed by atoms with Crippen LogP contribution in [0.15, 0.2) is 36.5 Å². The maximum atomic E-state index is 12.1. The second-order valence-corrected chi connectivity index (χ2v) is 5.39. The molecule has 4 nitrogen and oxygen atoms in total. The lowest BCUT2D eigenvalue weighted by atomic mass is 10.3. The molecule has 0 fully saturated rings. The van der Waals surface area contributed by atoms with Gasteiger partial charge in [-0.2, -0.15) is 0 Å². The standard InChI is InChI=1S/C15H14Cl2N2O2/c1-9-5-6-18-14(7-9)19-15(20)10(2)21-13-4-3-11(16)8-12(13)17/h3-8,10H,1-2H3,(H,18,19,20). The Morgan fingerprint density at radius 3 is 2.71 bits per heavy atom. The van der Waals surface area contributed by atoms with Crippen LogP contribution in [0.25, 0.3) is 0 Å². The van der Waals surface area contributed by atoms with E-state index < -0.39 is 6.10 Å². The Kier molecular flexibility index (Phi) is 5.04. The van der Waals surface area contributed by atoms with Gasteiger partial charge in [-0.15, -0.1) is 0 Å². The highest BCUT2D eigenvalue weighted by atomic mass is 35.5. The van der Waals surface area contributed by atoms with Crippen molar-refractivity contribution in [1.82, 2.24) is 4.98 Å². The van der Waals surface area contributed by atoms with Gasteiger partial charge >= 0.3 is 0 Å². The normalized spacial score (nSPS) is 11.8. The van der Waals surface area contributed by atoms with Crippen molar-refractivity contribution in [1.29, 1.82) is 0 Å². The van der Waals surface area contributed by atoms with Crippen molar-refractivity contribution >= 4 is 34.9 Å². The number of halogens is 2. The van der Waals surface area contributed by atoms with Gasteiger partial charge in [-0.1, -0.05) is 23.2 Å². The van der Waals surface area contributed by atoms with Crippen molar-refractivity contribution in [3.63, 3.8) is 0 Å². The number of benzene rings is 1. The molecule has 6 heteroatoms. The van der Waals surface area contributed by atoms with E-state index >= 15 is 0 Å². The minimum absolute atomic E-state index is 0.306. The summed E-state index contributed by atoms with van der Waals surface area (Å²) in [6.07, 6.45) is 0.915. The van der Waals surface area contributed by atoms with Crippen molar-refractivity contribution in [2.24, 2.45) is 0 Å². The Morgan fingerprint density at radius 2 is 2.05 bits per heavy atom. The molecule has 1 unspecified atom stereocenters. The van der Waals surface area contributed by atoms with Crippen LogP contribution in [-0.4, -0.2) is 17.0 Å². The van der Waals surface area contributed by atoms with Crippen LogP contribution in [0.3, 0.4) is 0 Å². The number of carbonyl (C=O) groups is 1. The molecule has 0 aliphatic rings. The maximum absolute atomic E-state index is 12.1. The number of ether oxygens (including phenoxy) is 1. The molecule has 1 aromatic heterocycles. The average Bonchev–Trinajstić information content (AvgIpc) is 2.41. The van der Waals surface area contributed by atoms with E-state index in [0.29, 0.717) is 21.6 Å². The Hall–Kier alpha value is -1.78. The summed E-state index contributed by atoms with van der Waals surface area (Å²) in [6.45, 7) is 3.56. The molecule has 0 bridgehead atoms. The molecule has 2 aromatic rings. The third-order valence-corrected chi connectivity index (χ3v) is 3.26. The summed E-state index contributed by atoms with van der Waals surface area (Å²) < 4.78 is 5.53. The van der Waals surface area contributed by atoms with E-state index in [1.54, 1.807) is 37.4 Å². The minimum Gasteiger partial charge on any atom is -0.479 e. The number of pyridine rings is 1. The maximum Gasteiger partial charge on any atom is 0.266 e. The van der Waals surface area contributed by atoms with Crippen LogP contribution in [0, 0.1) is 6.92 Å². The number of aryl methyl sites for hydroxylation is 1. The van der Waals surface area contributed by atoms with Crippen molar-refractivity contribution < 1.29 is 9.53 Å². The lowest BCUT2D eigenvalue weighted by molar-refractivity contribution is -0.122. The monoisotopic (exact) mass is 324 g/mol. The van der Waals surface area contributed by atoms with E-state index in [2.05, 4.69) is 10.3 Å². The fourth-order valence-electron chi connectivity index (χ4n) is 1.65. The first-order valence-electron chi connectivity index (χ1n) is 6.31. The zero-order valence-electron chi connectivity index (χ0n) is 11.6. The van der Waals surface area contributed by atoms with E-state index in [0.717, 1.165) is 5.56 Å². The molecule has 1 aromatic carbocycles. The number of nitrogens with zero attached hydrogens (tertiary/aromatic N) is 1. The van der Waals surface area contributed by atoms with Crippen LogP contribution >= 0.6 is 23.2 Å². The molecular weight excluding hydrogens is 311 g/mol. The largest absolute Gasteiger partial charge is 0.479 e. The molecule has 0 saturated carbocycles. The number of aromatic nitrogens is 1. The molecule has 0 spiro atoms. The number of carbonyl (C=O) groups excluding carboxylic acids is 1. The van der Waals surface area contributed by atoms with Gasteiger partial charge in [0.25, 0.3) is 5.91 Å². The van der Waals surface area contributed by atoms with Gasteiger partial charge in [0, 0.05) is 11.2 Å². The van der Waals surface area contributed by atoms with Gasteiger partial charge in [0.1, 0.15) is 11.6 Å². The van der Waals surface area contributed by atoms with Crippen molar-refractivity contribution in [2.75, 3.05) is 5.32 Å². The first-order valence-corrected chi connectivity index (χ1v) is 7.06. The van der Waals surface area contributed by atoms with Gasteiger partial charge in [-0.25, -0.2) is 4.98 Å². The van der Waals surface area contributed by atoms with E-state index in [1.165, 1.54) is 0 Å². The van der Waals surface area contributed by atoms with E-state index in [1.807, 2.05) is 13.0 Å². The third kappa shape index (κ3) is 4.34. The summed E-state index contributed by atoms with van der Waals surface area (Å²) in [5, 5.41) is 3.55. The Labute approximate surface area is 133 Å². The number of rotatable bonds is 4. The van der Waals surface area contributed by atoms with Crippen LogP contribution in [0.2, 0.25) is 10.0 Å². The molecule has 0 saturated heterocycles. The van der Waals surface area contributed by atoms with Crippen LogP contribution < -0.4 is 10.1 Å². The number of nitrogens with one attached hydrogen (secondary N) is 1. The molecule has 110 valence electrons. The average molecular weight is 325 g/mol. The summed E-state index contributed by atoms with van der Waals surface area (Å²) in [5.74, 6) is 0.581. The van der Waals surface area contributed by atoms with E-state index in [9.17, 15) is 4.79 Å². The van der Waals surface area contributed by atoms with Crippen molar-refractivity contribution in [2.45, 2.75) is 20.0 Å².